The minimum Gasteiger partial charge on any atom is -0.493 e. The smallest absolute Gasteiger partial charge is 0.338 e. The van der Waals surface area contributed by atoms with Crippen LogP contribution in [0.15, 0.2) is 48.5 Å². The SMILES string of the molecule is COc1cc(C=CC(=O)O[C@@H]2C[C@@H]3[C@@H](OC(=O)c4ccccc4)[C@@H](OC(C)=O)[C@H](C2)N3C)cc(OC)c1OC. The van der Waals surface area contributed by atoms with Gasteiger partial charge >= 0.3 is 17.9 Å². The zero-order valence-corrected chi connectivity index (χ0v) is 22.6. The molecule has 2 aromatic rings. The molecule has 2 aliphatic heterocycles. The Morgan fingerprint density at radius 2 is 1.44 bits per heavy atom. The third kappa shape index (κ3) is 6.17. The van der Waals surface area contributed by atoms with Crippen molar-refractivity contribution >= 4 is 24.0 Å². The van der Waals surface area contributed by atoms with Gasteiger partial charge in [-0.2, -0.15) is 0 Å². The largest absolute Gasteiger partial charge is 0.493 e. The molecule has 0 spiro atoms. The first-order chi connectivity index (χ1) is 18.7. The van der Waals surface area contributed by atoms with Crippen molar-refractivity contribution in [2.45, 2.75) is 50.2 Å². The second-order valence-corrected chi connectivity index (χ2v) is 9.43. The molecule has 5 atom stereocenters. The fraction of sp³-hybridized carbons (Fsp3) is 0.414. The van der Waals surface area contributed by atoms with Crippen LogP contribution in [0.4, 0.5) is 0 Å². The van der Waals surface area contributed by atoms with E-state index in [1.165, 1.54) is 34.3 Å². The molecule has 208 valence electrons. The predicted octanol–water partition coefficient (Wildman–Crippen LogP) is 3.27. The summed E-state index contributed by atoms with van der Waals surface area (Å²) in [6.45, 7) is 1.32. The first-order valence-electron chi connectivity index (χ1n) is 12.6. The molecular weight excluding hydrogens is 506 g/mol. The molecule has 2 aliphatic rings. The third-order valence-corrected chi connectivity index (χ3v) is 7.07. The van der Waals surface area contributed by atoms with Crippen LogP contribution in [0.1, 0.15) is 35.7 Å². The molecule has 0 aromatic heterocycles. The maximum Gasteiger partial charge on any atom is 0.338 e. The van der Waals surface area contributed by atoms with Gasteiger partial charge in [0.15, 0.2) is 23.7 Å². The molecular formula is C29H33NO9. The normalized spacial score (nSPS) is 24.2. The highest BCUT2D eigenvalue weighted by Gasteiger charge is 2.56. The van der Waals surface area contributed by atoms with Gasteiger partial charge in [-0.1, -0.05) is 18.2 Å². The summed E-state index contributed by atoms with van der Waals surface area (Å²) in [5, 5.41) is 0. The molecule has 39 heavy (non-hydrogen) atoms. The summed E-state index contributed by atoms with van der Waals surface area (Å²) < 4.78 is 33.3. The number of esters is 3. The fourth-order valence-corrected chi connectivity index (χ4v) is 5.29. The Kier molecular flexibility index (Phi) is 8.75. The van der Waals surface area contributed by atoms with E-state index in [0.717, 1.165) is 0 Å². The van der Waals surface area contributed by atoms with Gasteiger partial charge in [0.2, 0.25) is 5.75 Å². The molecule has 2 saturated heterocycles. The maximum absolute atomic E-state index is 12.8. The number of piperidine rings is 1. The van der Waals surface area contributed by atoms with Crippen molar-refractivity contribution < 1.29 is 42.8 Å². The van der Waals surface area contributed by atoms with Crippen molar-refractivity contribution in [3.8, 4) is 17.2 Å². The van der Waals surface area contributed by atoms with Gasteiger partial charge in [-0.05, 0) is 43.0 Å². The van der Waals surface area contributed by atoms with Crippen molar-refractivity contribution in [3.63, 3.8) is 0 Å². The zero-order chi connectivity index (χ0) is 28.1. The summed E-state index contributed by atoms with van der Waals surface area (Å²) in [5.74, 6) is -0.122. The molecule has 0 aliphatic carbocycles. The molecule has 0 amide bonds. The number of ether oxygens (including phenoxy) is 6. The Labute approximate surface area is 227 Å². The Morgan fingerprint density at radius 3 is 1.97 bits per heavy atom. The van der Waals surface area contributed by atoms with Crippen LogP contribution >= 0.6 is 0 Å². The molecule has 10 heteroatoms. The lowest BCUT2D eigenvalue weighted by atomic mass is 10.00. The van der Waals surface area contributed by atoms with Crippen LogP contribution in [-0.4, -0.2) is 81.6 Å². The van der Waals surface area contributed by atoms with E-state index in [0.29, 0.717) is 41.2 Å². The van der Waals surface area contributed by atoms with Crippen LogP contribution in [0, 0.1) is 0 Å². The van der Waals surface area contributed by atoms with Gasteiger partial charge in [-0.25, -0.2) is 9.59 Å². The topological polar surface area (TPSA) is 110 Å². The molecule has 4 rings (SSSR count). The third-order valence-electron chi connectivity index (χ3n) is 7.07. The number of likely N-dealkylation sites (N-methyl/N-ethyl adjacent to an activating group) is 1. The highest BCUT2D eigenvalue weighted by Crippen LogP contribution is 2.40. The molecule has 0 radical (unpaired) electrons. The Hall–Kier alpha value is -4.05. The minimum atomic E-state index is -0.699. The number of nitrogens with zero attached hydrogens (tertiary/aromatic N) is 1. The number of hydrogen-bond acceptors (Lipinski definition) is 10. The molecule has 10 nitrogen and oxygen atoms in total. The van der Waals surface area contributed by atoms with E-state index in [1.54, 1.807) is 42.5 Å². The Bertz CT molecular complexity index is 1200. The van der Waals surface area contributed by atoms with Crippen LogP contribution < -0.4 is 14.2 Å². The zero-order valence-electron chi connectivity index (χ0n) is 22.6. The van der Waals surface area contributed by atoms with Crippen molar-refractivity contribution in [1.29, 1.82) is 0 Å². The van der Waals surface area contributed by atoms with Crippen LogP contribution in [0.25, 0.3) is 6.08 Å². The molecule has 0 unspecified atom stereocenters. The van der Waals surface area contributed by atoms with Gasteiger partial charge in [0.25, 0.3) is 0 Å². The highest BCUT2D eigenvalue weighted by atomic mass is 16.6. The number of methoxy groups -OCH3 is 3. The number of carbonyl (C=O) groups is 3. The van der Waals surface area contributed by atoms with Gasteiger partial charge in [-0.15, -0.1) is 0 Å². The summed E-state index contributed by atoms with van der Waals surface area (Å²) >= 11 is 0. The van der Waals surface area contributed by atoms with Crippen LogP contribution in [0.2, 0.25) is 0 Å². The average molecular weight is 540 g/mol. The second kappa shape index (κ2) is 12.2. The van der Waals surface area contributed by atoms with E-state index < -0.39 is 36.2 Å². The first-order valence-corrected chi connectivity index (χ1v) is 12.6. The monoisotopic (exact) mass is 539 g/mol. The number of hydrogen-bond donors (Lipinski definition) is 0. The van der Waals surface area contributed by atoms with Crippen molar-refractivity contribution in [3.05, 3.63) is 59.7 Å². The van der Waals surface area contributed by atoms with Gasteiger partial charge in [-0.3, -0.25) is 9.69 Å². The van der Waals surface area contributed by atoms with Crippen molar-refractivity contribution in [2.24, 2.45) is 0 Å². The number of fused-ring (bicyclic) bond motifs is 2. The molecule has 2 fully saturated rings. The molecule has 2 bridgehead atoms. The van der Waals surface area contributed by atoms with E-state index in [9.17, 15) is 14.4 Å². The lowest BCUT2D eigenvalue weighted by molar-refractivity contribution is -0.153. The Morgan fingerprint density at radius 1 is 0.846 bits per heavy atom. The average Bonchev–Trinajstić information content (AvgIpc) is 3.06. The summed E-state index contributed by atoms with van der Waals surface area (Å²) in [6.07, 6.45) is 1.94. The summed E-state index contributed by atoms with van der Waals surface area (Å²) in [6, 6.07) is 11.5. The van der Waals surface area contributed by atoms with Gasteiger partial charge in [0.05, 0.1) is 39.0 Å². The maximum atomic E-state index is 12.8. The van der Waals surface area contributed by atoms with Crippen LogP contribution in [0.5, 0.6) is 17.2 Å². The lowest BCUT2D eigenvalue weighted by Crippen LogP contribution is -2.46. The second-order valence-electron chi connectivity index (χ2n) is 9.43. The highest BCUT2D eigenvalue weighted by molar-refractivity contribution is 5.89. The van der Waals surface area contributed by atoms with E-state index in [4.69, 9.17) is 28.4 Å². The van der Waals surface area contributed by atoms with Crippen molar-refractivity contribution in [2.75, 3.05) is 28.4 Å². The number of carbonyl (C=O) groups excluding carboxylic acids is 3. The van der Waals surface area contributed by atoms with Crippen LogP contribution in [-0.2, 0) is 23.8 Å². The Balaban J connectivity index is 1.47. The van der Waals surface area contributed by atoms with E-state index in [-0.39, 0.29) is 12.1 Å². The lowest BCUT2D eigenvalue weighted by Gasteiger charge is -2.35. The fourth-order valence-electron chi connectivity index (χ4n) is 5.29. The van der Waals surface area contributed by atoms with E-state index in [1.807, 2.05) is 18.0 Å². The minimum absolute atomic E-state index is 0.280. The summed E-state index contributed by atoms with van der Waals surface area (Å²) in [4.78, 5) is 39.5. The molecule has 0 N–H and O–H groups in total. The first kappa shape index (κ1) is 28.0. The van der Waals surface area contributed by atoms with Crippen molar-refractivity contribution in [1.82, 2.24) is 4.90 Å². The quantitative estimate of drug-likeness (QED) is 0.268. The predicted molar refractivity (Wildman–Crippen MR) is 141 cm³/mol. The number of benzene rings is 2. The summed E-state index contributed by atoms with van der Waals surface area (Å²) in [7, 11) is 6.44. The molecule has 2 heterocycles. The van der Waals surface area contributed by atoms with Gasteiger partial charge in [0.1, 0.15) is 6.10 Å². The van der Waals surface area contributed by atoms with Crippen LogP contribution in [0.3, 0.4) is 0 Å². The van der Waals surface area contributed by atoms with Gasteiger partial charge < -0.3 is 28.4 Å². The van der Waals surface area contributed by atoms with E-state index >= 15 is 0 Å². The molecule has 2 aromatic carbocycles. The number of rotatable bonds is 9. The molecule has 0 saturated carbocycles. The van der Waals surface area contributed by atoms with Gasteiger partial charge in [0, 0.05) is 25.8 Å². The summed E-state index contributed by atoms with van der Waals surface area (Å²) in [5.41, 5.74) is 1.07. The standard InChI is InChI=1S/C29H33NO9/c1-17(31)37-26-21-15-20(16-22(30(21)2)27(26)39-29(33)19-9-7-6-8-10-19)38-25(32)12-11-18-13-23(34-3)28(36-5)24(14-18)35-4/h6-14,20-22,26-27H,15-16H2,1-5H3/t20-,21-,22+,26-,27+/m0/s1. The van der Waals surface area contributed by atoms with E-state index in [2.05, 4.69) is 0 Å².